The van der Waals surface area contributed by atoms with Crippen LogP contribution in [-0.2, 0) is 0 Å². The van der Waals surface area contributed by atoms with E-state index in [0.29, 0.717) is 5.52 Å². The molecule has 0 spiro atoms. The van der Waals surface area contributed by atoms with E-state index in [1.165, 1.54) is 11.3 Å². The molecule has 0 N–H and O–H groups in total. The maximum absolute atomic E-state index is 11.3. The van der Waals surface area contributed by atoms with Gasteiger partial charge in [-0.1, -0.05) is 35.8 Å². The van der Waals surface area contributed by atoms with Gasteiger partial charge in [0.25, 0.3) is 5.69 Å². The second-order valence-corrected chi connectivity index (χ2v) is 6.48. The third-order valence-corrected chi connectivity index (χ3v) is 4.52. The highest BCUT2D eigenvalue weighted by Crippen LogP contribution is 2.39. The number of benzene rings is 1. The highest BCUT2D eigenvalue weighted by Gasteiger charge is 2.27. The van der Waals surface area contributed by atoms with Crippen LogP contribution in [0.25, 0.3) is 10.2 Å². The van der Waals surface area contributed by atoms with Gasteiger partial charge < -0.3 is 0 Å². The number of thiazole rings is 1. The number of nitro groups is 1. The summed E-state index contributed by atoms with van der Waals surface area (Å²) in [4.78, 5) is 15.4. The predicted molar refractivity (Wildman–Crippen MR) is 77.7 cm³/mol. The van der Waals surface area contributed by atoms with Crippen molar-refractivity contribution in [1.29, 1.82) is 0 Å². The molecular weight excluding hydrogens is 316 g/mol. The van der Waals surface area contributed by atoms with Crippen LogP contribution in [-0.4, -0.2) is 14.7 Å². The Morgan fingerprint density at radius 3 is 2.83 bits per heavy atom. The Labute approximate surface area is 117 Å². The van der Waals surface area contributed by atoms with Crippen LogP contribution in [0.15, 0.2) is 17.6 Å². The van der Waals surface area contributed by atoms with Crippen LogP contribution < -0.4 is 0 Å². The summed E-state index contributed by atoms with van der Waals surface area (Å²) in [5, 5.41) is 11.3. The van der Waals surface area contributed by atoms with E-state index in [4.69, 9.17) is 0 Å². The van der Waals surface area contributed by atoms with Crippen LogP contribution in [0.5, 0.6) is 0 Å². The molecule has 0 bridgehead atoms. The molecule has 1 heterocycles. The van der Waals surface area contributed by atoms with Crippen molar-refractivity contribution in [2.24, 2.45) is 0 Å². The highest BCUT2D eigenvalue weighted by molar-refractivity contribution is 9.09. The van der Waals surface area contributed by atoms with E-state index < -0.39 is 0 Å². The minimum Gasteiger partial charge on any atom is -0.258 e. The predicted octanol–water partition coefficient (Wildman–Crippen LogP) is 4.48. The van der Waals surface area contributed by atoms with Gasteiger partial charge in [-0.05, 0) is 12.5 Å². The molecule has 0 fully saturated rings. The van der Waals surface area contributed by atoms with E-state index in [2.05, 4.69) is 20.9 Å². The third kappa shape index (κ3) is 2.27. The lowest BCUT2D eigenvalue weighted by atomic mass is 9.92. The van der Waals surface area contributed by atoms with Crippen molar-refractivity contribution < 1.29 is 4.92 Å². The molecule has 0 aliphatic rings. The molecule has 0 radical (unpaired) electrons. The zero-order valence-electron chi connectivity index (χ0n) is 10.1. The molecule has 0 saturated heterocycles. The number of fused-ring (bicyclic) bond motifs is 1. The minimum atomic E-state index is -0.310. The molecule has 0 amide bonds. The van der Waals surface area contributed by atoms with Crippen LogP contribution in [0.4, 0.5) is 5.69 Å². The summed E-state index contributed by atoms with van der Waals surface area (Å²) in [6, 6.07) is 3.79. The van der Waals surface area contributed by atoms with Gasteiger partial charge in [-0.15, -0.1) is 11.3 Å². The largest absolute Gasteiger partial charge is 0.299 e. The molecule has 2 atom stereocenters. The van der Waals surface area contributed by atoms with Gasteiger partial charge >= 0.3 is 0 Å². The van der Waals surface area contributed by atoms with E-state index in [9.17, 15) is 10.1 Å². The molecular formula is C12H13BrN2O2S. The first-order chi connectivity index (χ1) is 8.56. The van der Waals surface area contributed by atoms with E-state index in [1.807, 2.05) is 26.0 Å². The standard InChI is InChI=1S/C12H13BrN2O2S/c1-3-8(7(2)13)9-4-5-10-11(14-6-18-10)12(9)15(16)17/h4-8H,3H2,1-2H3. The fourth-order valence-corrected chi connectivity index (χ4v) is 3.55. The topological polar surface area (TPSA) is 56.0 Å². The SMILES string of the molecule is CCC(c1ccc2scnc2c1[N+](=O)[O-])C(C)Br. The Balaban J connectivity index is 2.69. The fourth-order valence-electron chi connectivity index (χ4n) is 2.22. The summed E-state index contributed by atoms with van der Waals surface area (Å²) in [6.07, 6.45) is 0.850. The summed E-state index contributed by atoms with van der Waals surface area (Å²) in [5.41, 5.74) is 3.09. The molecule has 2 rings (SSSR count). The molecule has 0 aliphatic heterocycles. The van der Waals surface area contributed by atoms with Gasteiger partial charge in [0.2, 0.25) is 0 Å². The number of halogens is 1. The Bertz CT molecular complexity index is 582. The first-order valence-corrected chi connectivity index (χ1v) is 7.50. The van der Waals surface area contributed by atoms with Gasteiger partial charge in [0, 0.05) is 16.3 Å². The van der Waals surface area contributed by atoms with Crippen LogP contribution in [0.1, 0.15) is 31.7 Å². The molecule has 18 heavy (non-hydrogen) atoms. The van der Waals surface area contributed by atoms with E-state index in [1.54, 1.807) is 5.51 Å². The van der Waals surface area contributed by atoms with Gasteiger partial charge in [0.05, 0.1) is 15.1 Å². The summed E-state index contributed by atoms with van der Waals surface area (Å²) in [5.74, 6) is 0.122. The van der Waals surface area contributed by atoms with Crippen LogP contribution in [0.3, 0.4) is 0 Å². The summed E-state index contributed by atoms with van der Waals surface area (Å²) in [7, 11) is 0. The normalized spacial score (nSPS) is 14.6. The van der Waals surface area contributed by atoms with Crippen LogP contribution >= 0.6 is 27.3 Å². The minimum absolute atomic E-state index is 0.122. The molecule has 96 valence electrons. The molecule has 2 unspecified atom stereocenters. The molecule has 1 aromatic heterocycles. The first-order valence-electron chi connectivity index (χ1n) is 5.70. The van der Waals surface area contributed by atoms with Crippen molar-refractivity contribution >= 4 is 43.2 Å². The Hall–Kier alpha value is -1.01. The Morgan fingerprint density at radius 2 is 2.28 bits per heavy atom. The van der Waals surface area contributed by atoms with E-state index in [-0.39, 0.29) is 21.4 Å². The summed E-state index contributed by atoms with van der Waals surface area (Å²) in [6.45, 7) is 4.06. The molecule has 6 heteroatoms. The van der Waals surface area contributed by atoms with Gasteiger partial charge in [-0.3, -0.25) is 10.1 Å². The lowest BCUT2D eigenvalue weighted by Crippen LogP contribution is -2.10. The summed E-state index contributed by atoms with van der Waals surface area (Å²) < 4.78 is 0.863. The number of alkyl halides is 1. The average molecular weight is 329 g/mol. The molecule has 4 nitrogen and oxygen atoms in total. The number of nitrogens with zero attached hydrogens (tertiary/aromatic N) is 2. The van der Waals surface area contributed by atoms with Crippen molar-refractivity contribution in [3.05, 3.63) is 33.3 Å². The quantitative estimate of drug-likeness (QED) is 0.472. The first kappa shape index (κ1) is 13.4. The van der Waals surface area contributed by atoms with Crippen molar-refractivity contribution in [1.82, 2.24) is 4.98 Å². The van der Waals surface area contributed by atoms with Crippen molar-refractivity contribution in [3.8, 4) is 0 Å². The third-order valence-electron chi connectivity index (χ3n) is 3.08. The second kappa shape index (κ2) is 5.32. The maximum atomic E-state index is 11.3. The van der Waals surface area contributed by atoms with Crippen LogP contribution in [0, 0.1) is 10.1 Å². The van der Waals surface area contributed by atoms with Crippen molar-refractivity contribution in [2.75, 3.05) is 0 Å². The number of aromatic nitrogens is 1. The molecule has 0 aliphatic carbocycles. The monoisotopic (exact) mass is 328 g/mol. The van der Waals surface area contributed by atoms with Gasteiger partial charge in [-0.25, -0.2) is 4.98 Å². The Kier molecular flexibility index (Phi) is 3.97. The number of nitro benzene ring substituents is 1. The maximum Gasteiger partial charge on any atom is 0.299 e. The molecule has 1 aromatic carbocycles. The number of rotatable bonds is 4. The van der Waals surface area contributed by atoms with Gasteiger partial charge in [0.1, 0.15) is 0 Å². The average Bonchev–Trinajstić information content (AvgIpc) is 2.76. The zero-order chi connectivity index (χ0) is 13.3. The Morgan fingerprint density at radius 1 is 1.56 bits per heavy atom. The second-order valence-electron chi connectivity index (χ2n) is 4.15. The molecule has 0 saturated carbocycles. The van der Waals surface area contributed by atoms with Crippen molar-refractivity contribution in [2.45, 2.75) is 31.0 Å². The van der Waals surface area contributed by atoms with Crippen LogP contribution in [0.2, 0.25) is 0 Å². The number of hydrogen-bond donors (Lipinski definition) is 0. The van der Waals surface area contributed by atoms with E-state index >= 15 is 0 Å². The lowest BCUT2D eigenvalue weighted by molar-refractivity contribution is -0.384. The highest BCUT2D eigenvalue weighted by atomic mass is 79.9. The van der Waals surface area contributed by atoms with E-state index in [0.717, 1.165) is 16.7 Å². The molecule has 2 aromatic rings. The zero-order valence-corrected chi connectivity index (χ0v) is 12.5. The smallest absolute Gasteiger partial charge is 0.258 e. The number of hydrogen-bond acceptors (Lipinski definition) is 4. The fraction of sp³-hybridized carbons (Fsp3) is 0.417. The lowest BCUT2D eigenvalue weighted by Gasteiger charge is -2.18. The van der Waals surface area contributed by atoms with Gasteiger partial charge in [0.15, 0.2) is 5.52 Å². The van der Waals surface area contributed by atoms with Crippen molar-refractivity contribution in [3.63, 3.8) is 0 Å². The van der Waals surface area contributed by atoms with Gasteiger partial charge in [-0.2, -0.15) is 0 Å². The summed E-state index contributed by atoms with van der Waals surface area (Å²) >= 11 is 4.96.